The van der Waals surface area contributed by atoms with Crippen molar-refractivity contribution < 1.29 is 14.3 Å². The number of hydrogen-bond acceptors (Lipinski definition) is 7. The summed E-state index contributed by atoms with van der Waals surface area (Å²) < 4.78 is 4.56. The number of esters is 1. The number of rotatable bonds is 7. The van der Waals surface area contributed by atoms with E-state index < -0.39 is 5.97 Å². The summed E-state index contributed by atoms with van der Waals surface area (Å²) in [6.45, 7) is 0.537. The molecule has 0 fully saturated rings. The summed E-state index contributed by atoms with van der Waals surface area (Å²) in [7, 11) is 3.00. The zero-order valence-corrected chi connectivity index (χ0v) is 14.9. The molecule has 0 spiro atoms. The molecule has 0 saturated heterocycles. The lowest BCUT2D eigenvalue weighted by atomic mass is 10.3. The van der Waals surface area contributed by atoms with Crippen LogP contribution in [0.2, 0.25) is 0 Å². The van der Waals surface area contributed by atoms with E-state index in [4.69, 9.17) is 0 Å². The van der Waals surface area contributed by atoms with E-state index in [9.17, 15) is 14.4 Å². The Bertz CT molecular complexity index is 758. The molecular weight excluding hydrogens is 350 g/mol. The van der Waals surface area contributed by atoms with Gasteiger partial charge in [0.05, 0.1) is 25.0 Å². The number of carbonyl (C=O) groups is 2. The van der Waals surface area contributed by atoms with Gasteiger partial charge in [0.1, 0.15) is 0 Å². The van der Waals surface area contributed by atoms with Gasteiger partial charge in [0.25, 0.3) is 5.56 Å². The number of thioether (sulfide) groups is 1. The topological polar surface area (TPSA) is 92.4 Å². The van der Waals surface area contributed by atoms with Crippen molar-refractivity contribution in [1.82, 2.24) is 14.9 Å². The Balaban J connectivity index is 1.94. The van der Waals surface area contributed by atoms with Gasteiger partial charge in [-0.2, -0.15) is 11.3 Å². The highest BCUT2D eigenvalue weighted by Crippen LogP contribution is 2.14. The maximum Gasteiger partial charge on any atom is 0.311 e. The number of aromatic amines is 1. The molecule has 1 N–H and O–H groups in total. The van der Waals surface area contributed by atoms with Gasteiger partial charge in [0, 0.05) is 19.7 Å². The fraction of sp³-hybridized carbons (Fsp3) is 0.333. The van der Waals surface area contributed by atoms with Gasteiger partial charge in [-0.3, -0.25) is 14.4 Å². The summed E-state index contributed by atoms with van der Waals surface area (Å²) in [5, 5.41) is 4.26. The fourth-order valence-electron chi connectivity index (χ4n) is 1.85. The molecule has 7 nitrogen and oxygen atoms in total. The number of thiophene rings is 1. The second-order valence-corrected chi connectivity index (χ2v) is 6.71. The summed E-state index contributed by atoms with van der Waals surface area (Å²) in [6.07, 6.45) is -0.0833. The van der Waals surface area contributed by atoms with Crippen LogP contribution in [0.1, 0.15) is 11.3 Å². The molecule has 24 heavy (non-hydrogen) atoms. The number of ether oxygens (including phenoxy) is 1. The number of aromatic nitrogens is 2. The normalized spacial score (nSPS) is 10.4. The first kappa shape index (κ1) is 18.2. The van der Waals surface area contributed by atoms with Gasteiger partial charge in [-0.05, 0) is 22.4 Å². The van der Waals surface area contributed by atoms with E-state index in [0.717, 1.165) is 17.3 Å². The van der Waals surface area contributed by atoms with E-state index in [-0.39, 0.29) is 23.6 Å². The second kappa shape index (κ2) is 8.65. The largest absolute Gasteiger partial charge is 0.469 e. The minimum atomic E-state index is -0.476. The molecule has 0 bridgehead atoms. The fourth-order valence-corrected chi connectivity index (χ4v) is 3.34. The van der Waals surface area contributed by atoms with E-state index in [1.807, 2.05) is 16.8 Å². The van der Waals surface area contributed by atoms with Crippen LogP contribution in [0.4, 0.5) is 0 Å². The maximum absolute atomic E-state index is 12.2. The lowest BCUT2D eigenvalue weighted by molar-refractivity contribution is -0.139. The zero-order valence-electron chi connectivity index (χ0n) is 13.3. The summed E-state index contributed by atoms with van der Waals surface area (Å²) in [5.41, 5.74) is 1.02. The standard InChI is InChI=1S/C15H17N3O4S2/c1-18(7-10-3-4-23-8-10)13(20)9-24-15-16-11(5-12(19)17-15)6-14(21)22-2/h3-5,8H,6-7,9H2,1-2H3,(H,16,17,19). The molecule has 0 atom stereocenters. The molecule has 0 unspecified atom stereocenters. The molecule has 0 radical (unpaired) electrons. The van der Waals surface area contributed by atoms with E-state index in [2.05, 4.69) is 14.7 Å². The summed E-state index contributed by atoms with van der Waals surface area (Å²) in [4.78, 5) is 43.4. The number of methoxy groups -OCH3 is 1. The van der Waals surface area contributed by atoms with Crippen molar-refractivity contribution >= 4 is 35.0 Å². The second-order valence-electron chi connectivity index (χ2n) is 4.96. The van der Waals surface area contributed by atoms with Gasteiger partial charge in [0.2, 0.25) is 5.91 Å². The molecule has 0 aliphatic carbocycles. The van der Waals surface area contributed by atoms with Crippen LogP contribution < -0.4 is 5.56 Å². The van der Waals surface area contributed by atoms with Crippen LogP contribution in [0.3, 0.4) is 0 Å². The van der Waals surface area contributed by atoms with Gasteiger partial charge in [-0.25, -0.2) is 4.98 Å². The van der Waals surface area contributed by atoms with Crippen LogP contribution in [0.5, 0.6) is 0 Å². The van der Waals surface area contributed by atoms with E-state index in [0.29, 0.717) is 17.4 Å². The molecule has 128 valence electrons. The number of nitrogens with zero attached hydrogens (tertiary/aromatic N) is 2. The first-order chi connectivity index (χ1) is 11.5. The number of carbonyl (C=O) groups excluding carboxylic acids is 2. The first-order valence-corrected chi connectivity index (χ1v) is 8.95. The molecular formula is C15H17N3O4S2. The van der Waals surface area contributed by atoms with Crippen LogP contribution in [-0.4, -0.2) is 46.7 Å². The number of nitrogens with one attached hydrogen (secondary N) is 1. The van der Waals surface area contributed by atoms with Gasteiger partial charge >= 0.3 is 5.97 Å². The van der Waals surface area contributed by atoms with Crippen LogP contribution in [-0.2, 0) is 27.3 Å². The van der Waals surface area contributed by atoms with Crippen molar-refractivity contribution in [3.63, 3.8) is 0 Å². The molecule has 2 aromatic heterocycles. The maximum atomic E-state index is 12.2. The number of H-pyrrole nitrogens is 1. The Morgan fingerprint density at radius 3 is 2.92 bits per heavy atom. The van der Waals surface area contributed by atoms with Crippen LogP contribution >= 0.6 is 23.1 Å². The average Bonchev–Trinajstić information content (AvgIpc) is 3.04. The highest BCUT2D eigenvalue weighted by molar-refractivity contribution is 7.99. The van der Waals surface area contributed by atoms with Crippen molar-refractivity contribution in [3.05, 3.63) is 44.5 Å². The Hall–Kier alpha value is -2.13. The van der Waals surface area contributed by atoms with Crippen molar-refractivity contribution in [1.29, 1.82) is 0 Å². The minimum Gasteiger partial charge on any atom is -0.469 e. The monoisotopic (exact) mass is 367 g/mol. The third-order valence-corrected chi connectivity index (χ3v) is 4.67. The van der Waals surface area contributed by atoms with Crippen LogP contribution in [0.25, 0.3) is 0 Å². The Morgan fingerprint density at radius 2 is 2.25 bits per heavy atom. The van der Waals surface area contributed by atoms with Crippen molar-refractivity contribution in [2.24, 2.45) is 0 Å². The van der Waals surface area contributed by atoms with Gasteiger partial charge in [-0.1, -0.05) is 11.8 Å². The molecule has 0 aliphatic heterocycles. The lowest BCUT2D eigenvalue weighted by Gasteiger charge is -2.16. The third-order valence-electron chi connectivity index (χ3n) is 3.08. The van der Waals surface area contributed by atoms with Crippen molar-refractivity contribution in [2.75, 3.05) is 19.9 Å². The van der Waals surface area contributed by atoms with E-state index in [1.54, 1.807) is 23.3 Å². The van der Waals surface area contributed by atoms with Gasteiger partial charge < -0.3 is 14.6 Å². The summed E-state index contributed by atoms with van der Waals surface area (Å²) in [6, 6.07) is 3.21. The summed E-state index contributed by atoms with van der Waals surface area (Å²) >= 11 is 2.71. The predicted molar refractivity (Wildman–Crippen MR) is 92.1 cm³/mol. The molecule has 0 aromatic carbocycles. The number of hydrogen-bond donors (Lipinski definition) is 1. The van der Waals surface area contributed by atoms with Crippen molar-refractivity contribution in [3.8, 4) is 0 Å². The molecule has 2 heterocycles. The predicted octanol–water partition coefficient (Wildman–Crippen LogP) is 1.30. The van der Waals surface area contributed by atoms with Crippen molar-refractivity contribution in [2.45, 2.75) is 18.1 Å². The minimum absolute atomic E-state index is 0.0766. The molecule has 9 heteroatoms. The number of amides is 1. The molecule has 0 saturated carbocycles. The van der Waals surface area contributed by atoms with Gasteiger partial charge in [0.15, 0.2) is 5.16 Å². The summed E-state index contributed by atoms with van der Waals surface area (Å²) in [5.74, 6) is -0.409. The lowest BCUT2D eigenvalue weighted by Crippen LogP contribution is -2.27. The quantitative estimate of drug-likeness (QED) is 0.450. The van der Waals surface area contributed by atoms with E-state index in [1.165, 1.54) is 13.2 Å². The Kier molecular flexibility index (Phi) is 6.56. The molecule has 0 aliphatic rings. The SMILES string of the molecule is COC(=O)Cc1cc(=O)[nH]c(SCC(=O)N(C)Cc2ccsc2)n1. The highest BCUT2D eigenvalue weighted by atomic mass is 32.2. The molecule has 2 aromatic rings. The highest BCUT2D eigenvalue weighted by Gasteiger charge is 2.12. The zero-order chi connectivity index (χ0) is 17.5. The average molecular weight is 367 g/mol. The first-order valence-electron chi connectivity index (χ1n) is 7.03. The Labute approximate surface area is 147 Å². The Morgan fingerprint density at radius 1 is 1.46 bits per heavy atom. The van der Waals surface area contributed by atoms with Crippen LogP contribution in [0, 0.1) is 0 Å². The molecule has 1 amide bonds. The van der Waals surface area contributed by atoms with Gasteiger partial charge in [-0.15, -0.1) is 0 Å². The molecule has 2 rings (SSSR count). The van der Waals surface area contributed by atoms with Crippen LogP contribution in [0.15, 0.2) is 32.8 Å². The smallest absolute Gasteiger partial charge is 0.311 e. The third kappa shape index (κ3) is 5.50. The van der Waals surface area contributed by atoms with E-state index >= 15 is 0 Å².